The molecule has 1 aromatic rings. The quantitative estimate of drug-likeness (QED) is 0.729. The maximum Gasteiger partial charge on any atom is 0.244 e. The first kappa shape index (κ1) is 10.5. The van der Waals surface area contributed by atoms with E-state index in [4.69, 9.17) is 5.73 Å². The predicted molar refractivity (Wildman–Crippen MR) is 58.5 cm³/mol. The third-order valence-electron chi connectivity index (χ3n) is 2.30. The molecule has 0 aliphatic rings. The number of rotatable bonds is 3. The molecule has 0 bridgehead atoms. The Morgan fingerprint density at radius 3 is 2.29 bits per heavy atom. The molecule has 74 valence electrons. The first-order valence-electron chi connectivity index (χ1n) is 4.71. The summed E-state index contributed by atoms with van der Waals surface area (Å²) < 4.78 is 0. The summed E-state index contributed by atoms with van der Waals surface area (Å²) in [6, 6.07) is 9.85. The van der Waals surface area contributed by atoms with Gasteiger partial charge in [-0.15, -0.1) is 0 Å². The SMILES string of the molecule is CC/C(=C(/C)C(N)=O)c1ccccc1. The Kier molecular flexibility index (Phi) is 3.46. The lowest BCUT2D eigenvalue weighted by atomic mass is 9.98. The van der Waals surface area contributed by atoms with Gasteiger partial charge in [-0.3, -0.25) is 4.79 Å². The minimum absolute atomic E-state index is 0.342. The second kappa shape index (κ2) is 4.61. The summed E-state index contributed by atoms with van der Waals surface area (Å²) in [5, 5.41) is 0. The van der Waals surface area contributed by atoms with E-state index >= 15 is 0 Å². The molecule has 0 spiro atoms. The van der Waals surface area contributed by atoms with E-state index in [-0.39, 0.29) is 5.91 Å². The molecule has 1 amide bonds. The smallest absolute Gasteiger partial charge is 0.244 e. The lowest BCUT2D eigenvalue weighted by Gasteiger charge is -2.07. The second-order valence-corrected chi connectivity index (χ2v) is 3.19. The van der Waals surface area contributed by atoms with E-state index < -0.39 is 0 Å². The van der Waals surface area contributed by atoms with Crippen molar-refractivity contribution < 1.29 is 4.79 Å². The van der Waals surface area contributed by atoms with E-state index in [1.807, 2.05) is 37.3 Å². The zero-order chi connectivity index (χ0) is 10.6. The highest BCUT2D eigenvalue weighted by molar-refractivity contribution is 5.99. The molecule has 0 aromatic heterocycles. The van der Waals surface area contributed by atoms with Crippen LogP contribution in [0.2, 0.25) is 0 Å². The molecule has 0 aliphatic carbocycles. The fourth-order valence-electron chi connectivity index (χ4n) is 1.47. The third-order valence-corrected chi connectivity index (χ3v) is 2.30. The fourth-order valence-corrected chi connectivity index (χ4v) is 1.47. The van der Waals surface area contributed by atoms with Gasteiger partial charge in [0.1, 0.15) is 0 Å². The monoisotopic (exact) mass is 189 g/mol. The van der Waals surface area contributed by atoms with Gasteiger partial charge in [0.05, 0.1) is 0 Å². The van der Waals surface area contributed by atoms with Gasteiger partial charge in [-0.05, 0) is 24.5 Å². The van der Waals surface area contributed by atoms with E-state index in [1.54, 1.807) is 6.92 Å². The van der Waals surface area contributed by atoms with Crippen molar-refractivity contribution in [3.8, 4) is 0 Å². The van der Waals surface area contributed by atoms with Gasteiger partial charge in [-0.25, -0.2) is 0 Å². The van der Waals surface area contributed by atoms with Crippen LogP contribution in [0.4, 0.5) is 0 Å². The molecule has 2 N–H and O–H groups in total. The molecule has 0 aliphatic heterocycles. The van der Waals surface area contributed by atoms with E-state index in [9.17, 15) is 4.79 Å². The van der Waals surface area contributed by atoms with E-state index in [0.29, 0.717) is 5.57 Å². The van der Waals surface area contributed by atoms with Crippen molar-refractivity contribution in [1.29, 1.82) is 0 Å². The lowest BCUT2D eigenvalue weighted by molar-refractivity contribution is -0.114. The zero-order valence-electron chi connectivity index (χ0n) is 8.58. The second-order valence-electron chi connectivity index (χ2n) is 3.19. The van der Waals surface area contributed by atoms with Crippen LogP contribution >= 0.6 is 0 Å². The van der Waals surface area contributed by atoms with Gasteiger partial charge in [-0.1, -0.05) is 37.3 Å². The minimum atomic E-state index is -0.342. The molecule has 14 heavy (non-hydrogen) atoms. The van der Waals surface area contributed by atoms with Crippen LogP contribution in [0.15, 0.2) is 35.9 Å². The number of amides is 1. The van der Waals surface area contributed by atoms with E-state index in [1.165, 1.54) is 0 Å². The third kappa shape index (κ3) is 2.22. The fraction of sp³-hybridized carbons (Fsp3) is 0.250. The molecule has 0 fully saturated rings. The molecule has 0 saturated heterocycles. The number of carbonyl (C=O) groups is 1. The predicted octanol–water partition coefficient (Wildman–Crippen LogP) is 2.36. The summed E-state index contributed by atoms with van der Waals surface area (Å²) in [4.78, 5) is 11.0. The number of carbonyl (C=O) groups excluding carboxylic acids is 1. The average molecular weight is 189 g/mol. The summed E-state index contributed by atoms with van der Waals surface area (Å²) in [5.41, 5.74) is 8.01. The number of hydrogen-bond donors (Lipinski definition) is 1. The Morgan fingerprint density at radius 1 is 1.29 bits per heavy atom. The summed E-state index contributed by atoms with van der Waals surface area (Å²) in [7, 11) is 0. The van der Waals surface area contributed by atoms with Crippen LogP contribution in [0.3, 0.4) is 0 Å². The Morgan fingerprint density at radius 2 is 1.86 bits per heavy atom. The molecule has 1 rings (SSSR count). The van der Waals surface area contributed by atoms with Gasteiger partial charge in [0.15, 0.2) is 0 Å². The highest BCUT2D eigenvalue weighted by Gasteiger charge is 2.07. The standard InChI is InChI=1S/C12H15NO/c1-3-11(9(2)12(13)14)10-7-5-4-6-8-10/h4-8H,3H2,1-2H3,(H2,13,14)/b11-9+. The highest BCUT2D eigenvalue weighted by atomic mass is 16.1. The number of hydrogen-bond acceptors (Lipinski definition) is 1. The molecule has 0 saturated carbocycles. The molecular formula is C12H15NO. The summed E-state index contributed by atoms with van der Waals surface area (Å²) in [6.45, 7) is 3.79. The minimum Gasteiger partial charge on any atom is -0.366 e. The number of nitrogens with two attached hydrogens (primary N) is 1. The van der Waals surface area contributed by atoms with Gasteiger partial charge in [0.2, 0.25) is 5.91 Å². The molecular weight excluding hydrogens is 174 g/mol. The Balaban J connectivity index is 3.17. The van der Waals surface area contributed by atoms with E-state index in [0.717, 1.165) is 17.6 Å². The summed E-state index contributed by atoms with van der Waals surface area (Å²) in [5.74, 6) is -0.342. The van der Waals surface area contributed by atoms with Crippen LogP contribution in [0.1, 0.15) is 25.8 Å². The van der Waals surface area contributed by atoms with Crippen molar-refractivity contribution in [1.82, 2.24) is 0 Å². The van der Waals surface area contributed by atoms with Crippen LogP contribution in [-0.2, 0) is 4.79 Å². The molecule has 0 unspecified atom stereocenters. The number of benzene rings is 1. The van der Waals surface area contributed by atoms with Gasteiger partial charge in [0, 0.05) is 5.57 Å². The Bertz CT molecular complexity index is 352. The normalized spacial score (nSPS) is 12.1. The van der Waals surface area contributed by atoms with Crippen molar-refractivity contribution in [2.45, 2.75) is 20.3 Å². The largest absolute Gasteiger partial charge is 0.366 e. The van der Waals surface area contributed by atoms with Crippen LogP contribution < -0.4 is 5.73 Å². The van der Waals surface area contributed by atoms with Crippen molar-refractivity contribution in [2.75, 3.05) is 0 Å². The molecule has 1 aromatic carbocycles. The van der Waals surface area contributed by atoms with Crippen LogP contribution in [0, 0.1) is 0 Å². The van der Waals surface area contributed by atoms with Gasteiger partial charge >= 0.3 is 0 Å². The van der Waals surface area contributed by atoms with Crippen molar-refractivity contribution in [3.05, 3.63) is 41.5 Å². The summed E-state index contributed by atoms with van der Waals surface area (Å²) >= 11 is 0. The number of allylic oxidation sites excluding steroid dienone is 1. The molecule has 0 heterocycles. The van der Waals surface area contributed by atoms with Crippen molar-refractivity contribution >= 4 is 11.5 Å². The lowest BCUT2D eigenvalue weighted by Crippen LogP contribution is -2.13. The van der Waals surface area contributed by atoms with Crippen molar-refractivity contribution in [3.63, 3.8) is 0 Å². The van der Waals surface area contributed by atoms with Gasteiger partial charge < -0.3 is 5.73 Å². The topological polar surface area (TPSA) is 43.1 Å². The average Bonchev–Trinajstić information content (AvgIpc) is 2.20. The summed E-state index contributed by atoms with van der Waals surface area (Å²) in [6.07, 6.45) is 0.818. The maximum atomic E-state index is 11.0. The van der Waals surface area contributed by atoms with Crippen LogP contribution in [-0.4, -0.2) is 5.91 Å². The number of primary amides is 1. The van der Waals surface area contributed by atoms with Crippen molar-refractivity contribution in [2.24, 2.45) is 5.73 Å². The van der Waals surface area contributed by atoms with E-state index in [2.05, 4.69) is 0 Å². The first-order valence-corrected chi connectivity index (χ1v) is 4.71. The molecule has 2 heteroatoms. The first-order chi connectivity index (χ1) is 6.66. The zero-order valence-corrected chi connectivity index (χ0v) is 8.58. The van der Waals surface area contributed by atoms with Crippen LogP contribution in [0.5, 0.6) is 0 Å². The molecule has 0 atom stereocenters. The highest BCUT2D eigenvalue weighted by Crippen LogP contribution is 2.21. The Hall–Kier alpha value is -1.57. The van der Waals surface area contributed by atoms with Gasteiger partial charge in [0.25, 0.3) is 0 Å². The molecule has 0 radical (unpaired) electrons. The van der Waals surface area contributed by atoms with Gasteiger partial charge in [-0.2, -0.15) is 0 Å². The molecule has 2 nitrogen and oxygen atoms in total. The maximum absolute atomic E-state index is 11.0. The van der Waals surface area contributed by atoms with Crippen LogP contribution in [0.25, 0.3) is 5.57 Å². The Labute approximate surface area is 84.4 Å².